The Balaban J connectivity index is 3.26. The van der Waals surface area contributed by atoms with Crippen molar-refractivity contribution < 1.29 is 14.3 Å². The highest BCUT2D eigenvalue weighted by Crippen LogP contribution is 2.32. The molecular formula is C11H14ClNO3. The minimum atomic E-state index is -0.523. The van der Waals surface area contributed by atoms with Gasteiger partial charge in [-0.05, 0) is 26.0 Å². The molecule has 0 unspecified atom stereocenters. The predicted octanol–water partition coefficient (Wildman–Crippen LogP) is 2.50. The molecule has 1 rings (SSSR count). The van der Waals surface area contributed by atoms with E-state index in [1.807, 2.05) is 13.8 Å². The van der Waals surface area contributed by atoms with Gasteiger partial charge in [-0.1, -0.05) is 11.6 Å². The molecule has 0 aromatic heterocycles. The van der Waals surface area contributed by atoms with Crippen LogP contribution in [0.5, 0.6) is 5.75 Å². The highest BCUT2D eigenvalue weighted by molar-refractivity contribution is 6.33. The lowest BCUT2D eigenvalue weighted by Crippen LogP contribution is -2.12. The molecule has 0 fully saturated rings. The smallest absolute Gasteiger partial charge is 0.341 e. The van der Waals surface area contributed by atoms with Crippen molar-refractivity contribution in [1.82, 2.24) is 0 Å². The normalized spacial score (nSPS) is 10.3. The van der Waals surface area contributed by atoms with E-state index < -0.39 is 5.97 Å². The van der Waals surface area contributed by atoms with E-state index in [0.29, 0.717) is 16.5 Å². The second kappa shape index (κ2) is 5.07. The molecule has 0 heterocycles. The van der Waals surface area contributed by atoms with Gasteiger partial charge in [0.25, 0.3) is 0 Å². The predicted molar refractivity (Wildman–Crippen MR) is 63.0 cm³/mol. The van der Waals surface area contributed by atoms with E-state index in [1.165, 1.54) is 19.2 Å². The monoisotopic (exact) mass is 243 g/mol. The fraction of sp³-hybridized carbons (Fsp3) is 0.364. The molecule has 0 aliphatic rings. The van der Waals surface area contributed by atoms with Gasteiger partial charge in [-0.25, -0.2) is 4.79 Å². The first kappa shape index (κ1) is 12.6. The van der Waals surface area contributed by atoms with Gasteiger partial charge in [-0.3, -0.25) is 0 Å². The summed E-state index contributed by atoms with van der Waals surface area (Å²) < 4.78 is 10.1. The Labute approximate surface area is 99.3 Å². The largest absolute Gasteiger partial charge is 0.489 e. The summed E-state index contributed by atoms with van der Waals surface area (Å²) in [5.74, 6) is -0.220. The number of halogens is 1. The maximum absolute atomic E-state index is 11.5. The Kier molecular flexibility index (Phi) is 4.01. The van der Waals surface area contributed by atoms with Gasteiger partial charge in [0.15, 0.2) is 5.75 Å². The van der Waals surface area contributed by atoms with Crippen LogP contribution in [0.1, 0.15) is 24.2 Å². The number of benzene rings is 1. The number of nitrogens with two attached hydrogens (primary N) is 1. The standard InChI is InChI=1S/C11H14ClNO3/c1-6(2)16-10-8(11(14)15-3)4-7(13)5-9(10)12/h4-6H,13H2,1-3H3. The number of hydrogen-bond acceptors (Lipinski definition) is 4. The molecule has 1 aromatic carbocycles. The molecule has 4 nitrogen and oxygen atoms in total. The van der Waals surface area contributed by atoms with Crippen LogP contribution in [0.2, 0.25) is 5.02 Å². The maximum Gasteiger partial charge on any atom is 0.341 e. The summed E-state index contributed by atoms with van der Waals surface area (Å²) in [7, 11) is 1.29. The topological polar surface area (TPSA) is 61.5 Å². The van der Waals surface area contributed by atoms with Gasteiger partial charge in [-0.15, -0.1) is 0 Å². The molecule has 0 amide bonds. The van der Waals surface area contributed by atoms with Crippen LogP contribution in [0.15, 0.2) is 12.1 Å². The van der Waals surface area contributed by atoms with Crippen molar-refractivity contribution in [1.29, 1.82) is 0 Å². The quantitative estimate of drug-likeness (QED) is 0.655. The lowest BCUT2D eigenvalue weighted by molar-refractivity contribution is 0.0594. The van der Waals surface area contributed by atoms with Gasteiger partial charge in [0.2, 0.25) is 0 Å². The van der Waals surface area contributed by atoms with Gasteiger partial charge in [0.1, 0.15) is 5.56 Å². The Bertz CT molecular complexity index is 404. The van der Waals surface area contributed by atoms with E-state index in [-0.39, 0.29) is 11.7 Å². The second-order valence-corrected chi connectivity index (χ2v) is 3.94. The van der Waals surface area contributed by atoms with Crippen LogP contribution in [0.4, 0.5) is 5.69 Å². The van der Waals surface area contributed by atoms with E-state index in [2.05, 4.69) is 4.74 Å². The summed E-state index contributed by atoms with van der Waals surface area (Å²) in [5.41, 5.74) is 6.23. The van der Waals surface area contributed by atoms with E-state index in [9.17, 15) is 4.79 Å². The average molecular weight is 244 g/mol. The minimum Gasteiger partial charge on any atom is -0.489 e. The summed E-state index contributed by atoms with van der Waals surface area (Å²) in [4.78, 5) is 11.5. The van der Waals surface area contributed by atoms with Gasteiger partial charge >= 0.3 is 5.97 Å². The maximum atomic E-state index is 11.5. The van der Waals surface area contributed by atoms with Crippen molar-refractivity contribution in [3.63, 3.8) is 0 Å². The SMILES string of the molecule is COC(=O)c1cc(N)cc(Cl)c1OC(C)C. The average Bonchev–Trinajstić information content (AvgIpc) is 2.20. The lowest BCUT2D eigenvalue weighted by Gasteiger charge is -2.15. The fourth-order valence-electron chi connectivity index (χ4n) is 1.23. The number of ether oxygens (including phenoxy) is 2. The number of carbonyl (C=O) groups excluding carboxylic acids is 1. The van der Waals surface area contributed by atoms with Crippen LogP contribution >= 0.6 is 11.6 Å². The first-order valence-electron chi connectivity index (χ1n) is 4.79. The molecule has 5 heteroatoms. The zero-order valence-electron chi connectivity index (χ0n) is 9.41. The summed E-state index contributed by atoms with van der Waals surface area (Å²) in [6, 6.07) is 3.02. The first-order chi connectivity index (χ1) is 7.45. The molecule has 88 valence electrons. The Morgan fingerprint density at radius 2 is 2.06 bits per heavy atom. The van der Waals surface area contributed by atoms with Crippen LogP contribution in [-0.2, 0) is 4.74 Å². The molecule has 2 N–H and O–H groups in total. The molecule has 16 heavy (non-hydrogen) atoms. The third kappa shape index (κ3) is 2.79. The molecule has 0 aliphatic carbocycles. The van der Waals surface area contributed by atoms with Crippen LogP contribution < -0.4 is 10.5 Å². The molecule has 0 saturated heterocycles. The van der Waals surface area contributed by atoms with Crippen LogP contribution in [0.25, 0.3) is 0 Å². The lowest BCUT2D eigenvalue weighted by atomic mass is 10.1. The van der Waals surface area contributed by atoms with E-state index in [0.717, 1.165) is 0 Å². The van der Waals surface area contributed by atoms with Crippen molar-refractivity contribution in [3.8, 4) is 5.75 Å². The highest BCUT2D eigenvalue weighted by Gasteiger charge is 2.18. The Hall–Kier alpha value is -1.42. The summed E-state index contributed by atoms with van der Waals surface area (Å²) in [6.45, 7) is 3.68. The number of hydrogen-bond donors (Lipinski definition) is 1. The second-order valence-electron chi connectivity index (χ2n) is 3.54. The molecule has 0 spiro atoms. The van der Waals surface area contributed by atoms with Gasteiger partial charge in [-0.2, -0.15) is 0 Å². The third-order valence-electron chi connectivity index (χ3n) is 1.82. The van der Waals surface area contributed by atoms with Crippen molar-refractivity contribution in [2.75, 3.05) is 12.8 Å². The van der Waals surface area contributed by atoms with Crippen LogP contribution in [0.3, 0.4) is 0 Å². The van der Waals surface area contributed by atoms with Gasteiger partial charge in [0, 0.05) is 5.69 Å². The molecule has 0 aliphatic heterocycles. The highest BCUT2D eigenvalue weighted by atomic mass is 35.5. The van der Waals surface area contributed by atoms with E-state index >= 15 is 0 Å². The zero-order chi connectivity index (χ0) is 12.3. The number of esters is 1. The van der Waals surface area contributed by atoms with Gasteiger partial charge in [0.05, 0.1) is 18.2 Å². The van der Waals surface area contributed by atoms with Crippen molar-refractivity contribution >= 4 is 23.3 Å². The number of nitrogen functional groups attached to an aromatic ring is 1. The van der Waals surface area contributed by atoms with Crippen molar-refractivity contribution in [2.45, 2.75) is 20.0 Å². The first-order valence-corrected chi connectivity index (χ1v) is 5.17. The third-order valence-corrected chi connectivity index (χ3v) is 2.11. The Morgan fingerprint density at radius 3 is 2.56 bits per heavy atom. The Morgan fingerprint density at radius 1 is 1.44 bits per heavy atom. The van der Waals surface area contributed by atoms with Crippen molar-refractivity contribution in [2.24, 2.45) is 0 Å². The van der Waals surface area contributed by atoms with E-state index in [1.54, 1.807) is 0 Å². The summed E-state index contributed by atoms with van der Waals surface area (Å²) in [5, 5.41) is 0.300. The zero-order valence-corrected chi connectivity index (χ0v) is 10.2. The number of methoxy groups -OCH3 is 1. The van der Waals surface area contributed by atoms with Crippen molar-refractivity contribution in [3.05, 3.63) is 22.7 Å². The summed E-state index contributed by atoms with van der Waals surface area (Å²) in [6.07, 6.45) is -0.0930. The van der Waals surface area contributed by atoms with Crippen LogP contribution in [-0.4, -0.2) is 19.2 Å². The number of carbonyl (C=O) groups is 1. The number of rotatable bonds is 3. The molecular weight excluding hydrogens is 230 g/mol. The van der Waals surface area contributed by atoms with Crippen LogP contribution in [0, 0.1) is 0 Å². The fourth-order valence-corrected chi connectivity index (χ4v) is 1.50. The molecule has 1 aromatic rings. The summed E-state index contributed by atoms with van der Waals surface area (Å²) >= 11 is 5.97. The van der Waals surface area contributed by atoms with Gasteiger partial charge < -0.3 is 15.2 Å². The molecule has 0 radical (unpaired) electrons. The molecule has 0 bridgehead atoms. The molecule has 0 saturated carbocycles. The number of anilines is 1. The minimum absolute atomic E-state index is 0.0930. The molecule has 0 atom stereocenters. The van der Waals surface area contributed by atoms with E-state index in [4.69, 9.17) is 22.1 Å².